The number of rotatable bonds is 5. The van der Waals surface area contributed by atoms with Crippen molar-refractivity contribution < 1.29 is 14.7 Å². The molecule has 3 aromatic rings. The molecule has 1 amide bonds. The number of carbonyl (C=O) groups excluding carboxylic acids is 1. The number of anilines is 2. The Balaban J connectivity index is 1.95. The van der Waals surface area contributed by atoms with Gasteiger partial charge in [0.2, 0.25) is 0 Å². The topological polar surface area (TPSA) is 109 Å². The molecule has 2 heterocycles. The number of hydrogen-bond acceptors (Lipinski definition) is 5. The first-order valence-electron chi connectivity index (χ1n) is 7.82. The molecule has 132 valence electrons. The van der Waals surface area contributed by atoms with Crippen molar-refractivity contribution >= 4 is 23.3 Å². The standard InChI is InChI=1S/C18H17N5O3/c1-11-15(22-16-9-20-7-6-14(16)18(25)26)10-21-23(11)13-5-3-4-12(8-13)17(24)19-2/h3-10,22H,1-2H3,(H,19,24)(H,25,26). The predicted molar refractivity (Wildman–Crippen MR) is 96.2 cm³/mol. The zero-order chi connectivity index (χ0) is 18.7. The van der Waals surface area contributed by atoms with Gasteiger partial charge in [0.25, 0.3) is 5.91 Å². The molecule has 0 fully saturated rings. The van der Waals surface area contributed by atoms with E-state index in [-0.39, 0.29) is 11.5 Å². The maximum atomic E-state index is 11.8. The van der Waals surface area contributed by atoms with Crippen LogP contribution in [-0.4, -0.2) is 38.8 Å². The van der Waals surface area contributed by atoms with Crippen LogP contribution in [0.15, 0.2) is 48.9 Å². The van der Waals surface area contributed by atoms with Crippen molar-refractivity contribution in [2.75, 3.05) is 12.4 Å². The van der Waals surface area contributed by atoms with E-state index in [0.717, 1.165) is 11.4 Å². The number of carboxylic acid groups (broad SMARTS) is 1. The fraction of sp³-hybridized carbons (Fsp3) is 0.111. The highest BCUT2D eigenvalue weighted by Gasteiger charge is 2.14. The number of aromatic carboxylic acids is 1. The molecular weight excluding hydrogens is 334 g/mol. The molecule has 8 heteroatoms. The van der Waals surface area contributed by atoms with Crippen LogP contribution in [0.3, 0.4) is 0 Å². The molecule has 0 aliphatic heterocycles. The van der Waals surface area contributed by atoms with Crippen LogP contribution in [0.5, 0.6) is 0 Å². The largest absolute Gasteiger partial charge is 0.478 e. The average molecular weight is 351 g/mol. The third-order valence-corrected chi connectivity index (χ3v) is 3.91. The minimum Gasteiger partial charge on any atom is -0.478 e. The van der Waals surface area contributed by atoms with E-state index in [9.17, 15) is 14.7 Å². The first-order valence-corrected chi connectivity index (χ1v) is 7.82. The summed E-state index contributed by atoms with van der Waals surface area (Å²) in [5.74, 6) is -1.23. The number of aromatic nitrogens is 3. The number of nitrogens with one attached hydrogen (secondary N) is 2. The molecule has 26 heavy (non-hydrogen) atoms. The lowest BCUT2D eigenvalue weighted by molar-refractivity contribution is 0.0697. The summed E-state index contributed by atoms with van der Waals surface area (Å²) < 4.78 is 1.67. The van der Waals surface area contributed by atoms with Crippen molar-refractivity contribution in [2.24, 2.45) is 0 Å². The van der Waals surface area contributed by atoms with E-state index in [4.69, 9.17) is 0 Å². The Kier molecular flexibility index (Phi) is 4.66. The van der Waals surface area contributed by atoms with Gasteiger partial charge in [0, 0.05) is 18.8 Å². The molecular formula is C18H17N5O3. The predicted octanol–water partition coefficient (Wildman–Crippen LogP) is 2.38. The number of carbonyl (C=O) groups is 2. The summed E-state index contributed by atoms with van der Waals surface area (Å²) in [4.78, 5) is 27.1. The van der Waals surface area contributed by atoms with Crippen molar-refractivity contribution in [3.05, 3.63) is 65.7 Å². The molecule has 0 saturated carbocycles. The number of hydrogen-bond donors (Lipinski definition) is 3. The van der Waals surface area contributed by atoms with E-state index in [0.29, 0.717) is 16.9 Å². The average Bonchev–Trinajstić information content (AvgIpc) is 3.02. The van der Waals surface area contributed by atoms with Gasteiger partial charge in [-0.3, -0.25) is 9.78 Å². The van der Waals surface area contributed by atoms with E-state index in [2.05, 4.69) is 20.7 Å². The Morgan fingerprint density at radius 2 is 1.96 bits per heavy atom. The summed E-state index contributed by atoms with van der Waals surface area (Å²) >= 11 is 0. The number of benzene rings is 1. The summed E-state index contributed by atoms with van der Waals surface area (Å²) in [6.45, 7) is 1.85. The molecule has 2 aromatic heterocycles. The molecule has 8 nitrogen and oxygen atoms in total. The fourth-order valence-electron chi connectivity index (χ4n) is 2.54. The lowest BCUT2D eigenvalue weighted by Gasteiger charge is -2.10. The van der Waals surface area contributed by atoms with Gasteiger partial charge in [-0.05, 0) is 31.2 Å². The lowest BCUT2D eigenvalue weighted by Crippen LogP contribution is -2.18. The number of nitrogens with zero attached hydrogens (tertiary/aromatic N) is 3. The highest BCUT2D eigenvalue weighted by molar-refractivity contribution is 5.95. The Morgan fingerprint density at radius 1 is 1.15 bits per heavy atom. The summed E-state index contributed by atoms with van der Waals surface area (Å²) in [5, 5.41) is 19.3. The molecule has 0 aliphatic carbocycles. The monoisotopic (exact) mass is 351 g/mol. The van der Waals surface area contributed by atoms with E-state index >= 15 is 0 Å². The molecule has 0 spiro atoms. The normalized spacial score (nSPS) is 10.4. The molecule has 0 radical (unpaired) electrons. The SMILES string of the molecule is CNC(=O)c1cccc(-n2ncc(Nc3cnccc3C(=O)O)c2C)c1. The second-order valence-corrected chi connectivity index (χ2v) is 5.54. The Bertz CT molecular complexity index is 980. The van der Waals surface area contributed by atoms with Crippen LogP contribution in [0.2, 0.25) is 0 Å². The molecule has 3 rings (SSSR count). The van der Waals surface area contributed by atoms with E-state index in [1.165, 1.54) is 18.5 Å². The van der Waals surface area contributed by atoms with E-state index < -0.39 is 5.97 Å². The zero-order valence-corrected chi connectivity index (χ0v) is 14.2. The van der Waals surface area contributed by atoms with Crippen molar-refractivity contribution in [1.82, 2.24) is 20.1 Å². The van der Waals surface area contributed by atoms with Crippen molar-refractivity contribution in [3.63, 3.8) is 0 Å². The quantitative estimate of drug-likeness (QED) is 0.651. The fourth-order valence-corrected chi connectivity index (χ4v) is 2.54. The highest BCUT2D eigenvalue weighted by atomic mass is 16.4. The summed E-state index contributed by atoms with van der Waals surface area (Å²) in [6.07, 6.45) is 4.47. The Morgan fingerprint density at radius 3 is 2.69 bits per heavy atom. The summed E-state index contributed by atoms with van der Waals surface area (Å²) in [7, 11) is 1.57. The van der Waals surface area contributed by atoms with Crippen molar-refractivity contribution in [3.8, 4) is 5.69 Å². The van der Waals surface area contributed by atoms with Crippen molar-refractivity contribution in [2.45, 2.75) is 6.92 Å². The lowest BCUT2D eigenvalue weighted by atomic mass is 10.2. The maximum absolute atomic E-state index is 11.8. The van der Waals surface area contributed by atoms with Gasteiger partial charge in [-0.15, -0.1) is 0 Å². The van der Waals surface area contributed by atoms with Gasteiger partial charge >= 0.3 is 5.97 Å². The minimum absolute atomic E-state index is 0.119. The molecule has 0 bridgehead atoms. The third-order valence-electron chi connectivity index (χ3n) is 3.91. The van der Waals surface area contributed by atoms with Gasteiger partial charge in [0.15, 0.2) is 0 Å². The van der Waals surface area contributed by atoms with Gasteiger partial charge < -0.3 is 15.7 Å². The van der Waals surface area contributed by atoms with E-state index in [1.54, 1.807) is 36.1 Å². The van der Waals surface area contributed by atoms with Gasteiger partial charge in [-0.25, -0.2) is 9.48 Å². The van der Waals surface area contributed by atoms with Gasteiger partial charge in [0.05, 0.1) is 40.7 Å². The highest BCUT2D eigenvalue weighted by Crippen LogP contribution is 2.24. The summed E-state index contributed by atoms with van der Waals surface area (Å²) in [6, 6.07) is 8.49. The maximum Gasteiger partial charge on any atom is 0.337 e. The molecule has 1 aromatic carbocycles. The molecule has 0 unspecified atom stereocenters. The van der Waals surface area contributed by atoms with Gasteiger partial charge in [-0.2, -0.15) is 5.10 Å². The van der Waals surface area contributed by atoms with Crippen LogP contribution in [0, 0.1) is 6.92 Å². The van der Waals surface area contributed by atoms with Crippen LogP contribution in [-0.2, 0) is 0 Å². The molecule has 0 saturated heterocycles. The first-order chi connectivity index (χ1) is 12.5. The summed E-state index contributed by atoms with van der Waals surface area (Å²) in [5.41, 5.74) is 3.15. The van der Waals surface area contributed by atoms with Crippen LogP contribution >= 0.6 is 0 Å². The van der Waals surface area contributed by atoms with Gasteiger partial charge in [-0.1, -0.05) is 6.07 Å². The van der Waals surface area contributed by atoms with Crippen LogP contribution in [0.1, 0.15) is 26.4 Å². The zero-order valence-electron chi connectivity index (χ0n) is 14.2. The molecule has 0 atom stereocenters. The number of carboxylic acids is 1. The molecule has 0 aliphatic rings. The van der Waals surface area contributed by atoms with E-state index in [1.807, 2.05) is 13.0 Å². The number of amides is 1. The van der Waals surface area contributed by atoms with Crippen molar-refractivity contribution in [1.29, 1.82) is 0 Å². The Hall–Kier alpha value is -3.68. The minimum atomic E-state index is -1.04. The second kappa shape index (κ2) is 7.06. The second-order valence-electron chi connectivity index (χ2n) is 5.54. The van der Waals surface area contributed by atoms with Crippen LogP contribution < -0.4 is 10.6 Å². The first kappa shape index (κ1) is 17.2. The van der Waals surface area contributed by atoms with Crippen LogP contribution in [0.25, 0.3) is 5.69 Å². The van der Waals surface area contributed by atoms with Gasteiger partial charge in [0.1, 0.15) is 0 Å². The van der Waals surface area contributed by atoms with Crippen LogP contribution in [0.4, 0.5) is 11.4 Å². The number of pyridine rings is 1. The Labute approximate surface area is 149 Å². The smallest absolute Gasteiger partial charge is 0.337 e. The third kappa shape index (κ3) is 3.25. The molecule has 3 N–H and O–H groups in total.